The van der Waals surface area contributed by atoms with Crippen molar-refractivity contribution >= 4 is 5.69 Å². The highest BCUT2D eigenvalue weighted by atomic mass is 19.1. The molecule has 1 aromatic carbocycles. The fraction of sp³-hybridized carbons (Fsp3) is 0. The molecule has 16 heavy (non-hydrogen) atoms. The summed E-state index contributed by atoms with van der Waals surface area (Å²) in [4.78, 5) is 13.4. The number of rotatable bonds is 2. The minimum Gasteiger partial charge on any atom is -0.436 e. The number of aromatic nitrogens is 1. The lowest BCUT2D eigenvalue weighted by Gasteiger charge is -2.07. The predicted octanol–water partition coefficient (Wildman–Crippen LogP) is 1.89. The number of nitrogens with two attached hydrogens (primary N) is 1. The predicted molar refractivity (Wildman–Crippen MR) is 57.9 cm³/mol. The van der Waals surface area contributed by atoms with E-state index < -0.39 is 5.82 Å². The van der Waals surface area contributed by atoms with Crippen molar-refractivity contribution in [3.8, 4) is 11.6 Å². The number of benzene rings is 1. The van der Waals surface area contributed by atoms with Crippen LogP contribution in [0, 0.1) is 5.82 Å². The van der Waals surface area contributed by atoms with Crippen molar-refractivity contribution < 1.29 is 9.13 Å². The average molecular weight is 220 g/mol. The van der Waals surface area contributed by atoms with Crippen LogP contribution in [-0.4, -0.2) is 4.98 Å². The van der Waals surface area contributed by atoms with Crippen molar-refractivity contribution in [1.82, 2.24) is 4.98 Å². The van der Waals surface area contributed by atoms with Gasteiger partial charge in [-0.3, -0.25) is 9.78 Å². The molecule has 0 fully saturated rings. The lowest BCUT2D eigenvalue weighted by atomic mass is 10.3. The second-order valence-corrected chi connectivity index (χ2v) is 3.14. The molecule has 0 aliphatic carbocycles. The summed E-state index contributed by atoms with van der Waals surface area (Å²) >= 11 is 0. The highest BCUT2D eigenvalue weighted by Gasteiger charge is 2.06. The molecule has 0 unspecified atom stereocenters. The maximum absolute atomic E-state index is 13.2. The van der Waals surface area contributed by atoms with E-state index in [1.54, 1.807) is 12.1 Å². The van der Waals surface area contributed by atoms with Crippen LogP contribution in [0.4, 0.5) is 10.1 Å². The summed E-state index contributed by atoms with van der Waals surface area (Å²) in [5, 5.41) is 0. The first-order valence-corrected chi connectivity index (χ1v) is 4.58. The van der Waals surface area contributed by atoms with Gasteiger partial charge in [0.05, 0.1) is 5.69 Å². The summed E-state index contributed by atoms with van der Waals surface area (Å²) in [7, 11) is 0. The molecule has 0 amide bonds. The average Bonchev–Trinajstić information content (AvgIpc) is 2.27. The van der Waals surface area contributed by atoms with Gasteiger partial charge in [0, 0.05) is 6.07 Å². The number of halogens is 1. The van der Waals surface area contributed by atoms with Crippen LogP contribution in [0.3, 0.4) is 0 Å². The molecule has 0 aliphatic rings. The Hall–Kier alpha value is -2.30. The number of para-hydroxylation sites is 1. The largest absolute Gasteiger partial charge is 0.436 e. The molecule has 0 aliphatic heterocycles. The van der Waals surface area contributed by atoms with Gasteiger partial charge in [-0.15, -0.1) is 0 Å². The quantitative estimate of drug-likeness (QED) is 0.812. The number of pyridine rings is 1. The fourth-order valence-corrected chi connectivity index (χ4v) is 1.19. The zero-order valence-corrected chi connectivity index (χ0v) is 8.24. The number of aromatic amines is 1. The summed E-state index contributed by atoms with van der Waals surface area (Å²) in [6.45, 7) is 0. The standard InChI is InChI=1S/C11H9FN2O2/c12-7-3-1-2-4-9(7)16-11-8(13)5-6-10(15)14-11/h1-6H,13H2,(H,14,15). The molecule has 82 valence electrons. The smallest absolute Gasteiger partial charge is 0.250 e. The molecule has 0 radical (unpaired) electrons. The van der Waals surface area contributed by atoms with Gasteiger partial charge in [0.15, 0.2) is 11.6 Å². The van der Waals surface area contributed by atoms with E-state index in [0.29, 0.717) is 0 Å². The Kier molecular flexibility index (Phi) is 2.59. The van der Waals surface area contributed by atoms with Crippen LogP contribution >= 0.6 is 0 Å². The SMILES string of the molecule is Nc1ccc(=O)[nH]c1Oc1ccccc1F. The monoisotopic (exact) mass is 220 g/mol. The maximum Gasteiger partial charge on any atom is 0.250 e. The first-order valence-electron chi connectivity index (χ1n) is 4.58. The van der Waals surface area contributed by atoms with Gasteiger partial charge in [-0.05, 0) is 18.2 Å². The van der Waals surface area contributed by atoms with Gasteiger partial charge in [0.2, 0.25) is 5.88 Å². The van der Waals surface area contributed by atoms with Crippen molar-refractivity contribution in [1.29, 1.82) is 0 Å². The van der Waals surface area contributed by atoms with Crippen molar-refractivity contribution in [2.75, 3.05) is 5.73 Å². The third-order valence-corrected chi connectivity index (χ3v) is 1.96. The van der Waals surface area contributed by atoms with Gasteiger partial charge in [0.1, 0.15) is 0 Å². The van der Waals surface area contributed by atoms with E-state index in [-0.39, 0.29) is 22.9 Å². The second-order valence-electron chi connectivity index (χ2n) is 3.14. The Balaban J connectivity index is 2.38. The van der Waals surface area contributed by atoms with E-state index in [0.717, 1.165) is 0 Å². The number of anilines is 1. The zero-order valence-electron chi connectivity index (χ0n) is 8.24. The number of hydrogen-bond acceptors (Lipinski definition) is 3. The van der Waals surface area contributed by atoms with Gasteiger partial charge in [-0.2, -0.15) is 0 Å². The van der Waals surface area contributed by atoms with Crippen LogP contribution in [-0.2, 0) is 0 Å². The van der Waals surface area contributed by atoms with E-state index in [9.17, 15) is 9.18 Å². The number of nitrogens with one attached hydrogen (secondary N) is 1. The Morgan fingerprint density at radius 3 is 2.69 bits per heavy atom. The Morgan fingerprint density at radius 1 is 1.19 bits per heavy atom. The molecule has 4 nitrogen and oxygen atoms in total. The van der Waals surface area contributed by atoms with Gasteiger partial charge < -0.3 is 10.5 Å². The molecule has 0 saturated heterocycles. The van der Waals surface area contributed by atoms with E-state index in [1.165, 1.54) is 24.3 Å². The Labute approximate surface area is 90.5 Å². The number of ether oxygens (including phenoxy) is 1. The van der Waals surface area contributed by atoms with Crippen molar-refractivity contribution in [3.63, 3.8) is 0 Å². The Morgan fingerprint density at radius 2 is 1.94 bits per heavy atom. The maximum atomic E-state index is 13.2. The lowest BCUT2D eigenvalue weighted by molar-refractivity contribution is 0.428. The molecule has 0 atom stereocenters. The lowest BCUT2D eigenvalue weighted by Crippen LogP contribution is -2.07. The molecule has 1 aromatic heterocycles. The molecule has 0 spiro atoms. The molecule has 0 bridgehead atoms. The van der Waals surface area contributed by atoms with Crippen LogP contribution in [0.15, 0.2) is 41.2 Å². The molecule has 5 heteroatoms. The van der Waals surface area contributed by atoms with E-state index in [1.807, 2.05) is 0 Å². The highest BCUT2D eigenvalue weighted by molar-refractivity contribution is 5.48. The minimum absolute atomic E-state index is 0.0102. The molecule has 1 heterocycles. The molecule has 2 aromatic rings. The third-order valence-electron chi connectivity index (χ3n) is 1.96. The molecular weight excluding hydrogens is 211 g/mol. The first-order chi connectivity index (χ1) is 7.66. The second kappa shape index (κ2) is 4.06. The molecule has 0 saturated carbocycles. The van der Waals surface area contributed by atoms with Gasteiger partial charge in [0.25, 0.3) is 5.56 Å². The third kappa shape index (κ3) is 2.03. The van der Waals surface area contributed by atoms with E-state index in [2.05, 4.69) is 4.98 Å². The van der Waals surface area contributed by atoms with Crippen LogP contribution in [0.1, 0.15) is 0 Å². The first kappa shape index (κ1) is 10.2. The summed E-state index contributed by atoms with van der Waals surface area (Å²) in [6.07, 6.45) is 0. The zero-order chi connectivity index (χ0) is 11.5. The van der Waals surface area contributed by atoms with Crippen molar-refractivity contribution in [2.24, 2.45) is 0 Å². The number of nitrogen functional groups attached to an aromatic ring is 1. The van der Waals surface area contributed by atoms with Crippen molar-refractivity contribution in [2.45, 2.75) is 0 Å². The van der Waals surface area contributed by atoms with E-state index >= 15 is 0 Å². The fourth-order valence-electron chi connectivity index (χ4n) is 1.19. The summed E-state index contributed by atoms with van der Waals surface area (Å²) in [5.74, 6) is -0.472. The molecular formula is C11H9FN2O2. The highest BCUT2D eigenvalue weighted by Crippen LogP contribution is 2.25. The minimum atomic E-state index is -0.522. The summed E-state index contributed by atoms with van der Waals surface area (Å²) < 4.78 is 18.4. The normalized spacial score (nSPS) is 10.1. The van der Waals surface area contributed by atoms with Crippen LogP contribution in [0.5, 0.6) is 11.6 Å². The molecule has 2 rings (SSSR count). The van der Waals surface area contributed by atoms with Gasteiger partial charge in [-0.25, -0.2) is 4.39 Å². The van der Waals surface area contributed by atoms with Crippen LogP contribution in [0.25, 0.3) is 0 Å². The topological polar surface area (TPSA) is 68.1 Å². The van der Waals surface area contributed by atoms with E-state index in [4.69, 9.17) is 10.5 Å². The number of H-pyrrole nitrogens is 1. The van der Waals surface area contributed by atoms with Crippen LogP contribution in [0.2, 0.25) is 0 Å². The summed E-state index contributed by atoms with van der Waals surface area (Å²) in [6, 6.07) is 8.53. The summed E-state index contributed by atoms with van der Waals surface area (Å²) in [5.41, 5.74) is 5.45. The Bertz CT molecular complexity index is 566. The van der Waals surface area contributed by atoms with Crippen molar-refractivity contribution in [3.05, 3.63) is 52.6 Å². The van der Waals surface area contributed by atoms with Gasteiger partial charge in [-0.1, -0.05) is 12.1 Å². The number of hydrogen-bond donors (Lipinski definition) is 2. The molecule has 3 N–H and O–H groups in total. The van der Waals surface area contributed by atoms with Crippen LogP contribution < -0.4 is 16.0 Å². The van der Waals surface area contributed by atoms with Gasteiger partial charge >= 0.3 is 0 Å².